The summed E-state index contributed by atoms with van der Waals surface area (Å²) >= 11 is 0. The van der Waals surface area contributed by atoms with E-state index in [1.165, 1.54) is 12.8 Å². The third-order valence-electron chi connectivity index (χ3n) is 3.33. The van der Waals surface area contributed by atoms with Crippen molar-refractivity contribution in [3.63, 3.8) is 0 Å². The van der Waals surface area contributed by atoms with Gasteiger partial charge in [0.15, 0.2) is 0 Å². The summed E-state index contributed by atoms with van der Waals surface area (Å²) in [7, 11) is 0. The number of aromatic carboxylic acids is 1. The van der Waals surface area contributed by atoms with Crippen molar-refractivity contribution in [2.45, 2.75) is 32.2 Å². The number of carbonyl (C=O) groups is 1. The van der Waals surface area contributed by atoms with Gasteiger partial charge in [0.2, 0.25) is 0 Å². The molecule has 2 rings (SSSR count). The number of benzene rings is 1. The van der Waals surface area contributed by atoms with Crippen molar-refractivity contribution in [3.8, 4) is 5.75 Å². The number of hydrogen-bond acceptors (Lipinski definition) is 3. The standard InChI is InChI=1S/C15H21NO3/c1-2-9-16(12-7-8-12)10-11-19-14-6-4-3-5-13(14)15(17)18/h3-6,12H,2,7-11H2,1H3,(H,17,18). The normalized spacial score (nSPS) is 14.6. The molecule has 1 fully saturated rings. The molecule has 0 amide bonds. The van der Waals surface area contributed by atoms with Crippen molar-refractivity contribution in [1.82, 2.24) is 4.90 Å². The highest BCUT2D eigenvalue weighted by Gasteiger charge is 2.27. The zero-order chi connectivity index (χ0) is 13.7. The fourth-order valence-electron chi connectivity index (χ4n) is 2.25. The predicted molar refractivity (Wildman–Crippen MR) is 73.8 cm³/mol. The molecule has 1 aliphatic carbocycles. The second kappa shape index (κ2) is 6.57. The first-order valence-corrected chi connectivity index (χ1v) is 6.91. The minimum absolute atomic E-state index is 0.232. The van der Waals surface area contributed by atoms with Crippen LogP contribution in [0.1, 0.15) is 36.5 Å². The fourth-order valence-corrected chi connectivity index (χ4v) is 2.25. The van der Waals surface area contributed by atoms with E-state index in [4.69, 9.17) is 9.84 Å². The molecule has 19 heavy (non-hydrogen) atoms. The highest BCUT2D eigenvalue weighted by Crippen LogP contribution is 2.26. The number of rotatable bonds is 8. The van der Waals surface area contributed by atoms with Gasteiger partial charge in [0.25, 0.3) is 0 Å². The molecule has 0 bridgehead atoms. The molecule has 0 spiro atoms. The summed E-state index contributed by atoms with van der Waals surface area (Å²) in [6, 6.07) is 7.52. The van der Waals surface area contributed by atoms with Crippen LogP contribution in [0.5, 0.6) is 5.75 Å². The molecule has 0 radical (unpaired) electrons. The van der Waals surface area contributed by atoms with Gasteiger partial charge in [0.1, 0.15) is 17.9 Å². The maximum absolute atomic E-state index is 11.0. The zero-order valence-electron chi connectivity index (χ0n) is 11.3. The van der Waals surface area contributed by atoms with Crippen LogP contribution in [0, 0.1) is 0 Å². The van der Waals surface area contributed by atoms with Crippen LogP contribution in [0.4, 0.5) is 0 Å². The lowest BCUT2D eigenvalue weighted by Crippen LogP contribution is -2.31. The molecule has 1 saturated carbocycles. The SMILES string of the molecule is CCCN(CCOc1ccccc1C(=O)O)C1CC1. The summed E-state index contributed by atoms with van der Waals surface area (Å²) in [6.45, 7) is 4.68. The van der Waals surface area contributed by atoms with Gasteiger partial charge in [-0.1, -0.05) is 19.1 Å². The maximum atomic E-state index is 11.0. The average Bonchev–Trinajstić information content (AvgIpc) is 3.22. The molecule has 0 aromatic heterocycles. The van der Waals surface area contributed by atoms with Crippen LogP contribution in [0.25, 0.3) is 0 Å². The van der Waals surface area contributed by atoms with Crippen molar-refractivity contribution < 1.29 is 14.6 Å². The van der Waals surface area contributed by atoms with E-state index >= 15 is 0 Å². The van der Waals surface area contributed by atoms with Gasteiger partial charge in [-0.3, -0.25) is 4.90 Å². The minimum Gasteiger partial charge on any atom is -0.491 e. The van der Waals surface area contributed by atoms with Crippen LogP contribution in [-0.2, 0) is 0 Å². The lowest BCUT2D eigenvalue weighted by atomic mass is 10.2. The van der Waals surface area contributed by atoms with Gasteiger partial charge >= 0.3 is 5.97 Å². The van der Waals surface area contributed by atoms with Crippen LogP contribution >= 0.6 is 0 Å². The predicted octanol–water partition coefficient (Wildman–Crippen LogP) is 2.64. The topological polar surface area (TPSA) is 49.8 Å². The van der Waals surface area contributed by atoms with Gasteiger partial charge in [0.05, 0.1) is 0 Å². The lowest BCUT2D eigenvalue weighted by molar-refractivity contribution is 0.0691. The Balaban J connectivity index is 1.86. The minimum atomic E-state index is -0.941. The van der Waals surface area contributed by atoms with E-state index in [-0.39, 0.29) is 5.56 Å². The zero-order valence-corrected chi connectivity index (χ0v) is 11.3. The number of ether oxygens (including phenoxy) is 1. The van der Waals surface area contributed by atoms with Crippen molar-refractivity contribution >= 4 is 5.97 Å². The van der Waals surface area contributed by atoms with Crippen molar-refractivity contribution in [1.29, 1.82) is 0 Å². The van der Waals surface area contributed by atoms with Crippen molar-refractivity contribution in [3.05, 3.63) is 29.8 Å². The first-order valence-electron chi connectivity index (χ1n) is 6.91. The molecule has 1 aromatic carbocycles. The molecule has 0 heterocycles. The molecule has 1 aromatic rings. The number of para-hydroxylation sites is 1. The van der Waals surface area contributed by atoms with Crippen LogP contribution in [0.2, 0.25) is 0 Å². The van der Waals surface area contributed by atoms with Crippen LogP contribution in [0.3, 0.4) is 0 Å². The Hall–Kier alpha value is -1.55. The summed E-state index contributed by atoms with van der Waals surface area (Å²) in [4.78, 5) is 13.5. The van der Waals surface area contributed by atoms with Gasteiger partial charge < -0.3 is 9.84 Å². The number of nitrogens with zero attached hydrogens (tertiary/aromatic N) is 1. The fraction of sp³-hybridized carbons (Fsp3) is 0.533. The van der Waals surface area contributed by atoms with Gasteiger partial charge in [-0.2, -0.15) is 0 Å². The number of hydrogen-bond donors (Lipinski definition) is 1. The van der Waals surface area contributed by atoms with E-state index in [1.807, 2.05) is 0 Å². The van der Waals surface area contributed by atoms with Gasteiger partial charge in [-0.25, -0.2) is 4.79 Å². The molecule has 1 N–H and O–H groups in total. The van der Waals surface area contributed by atoms with Crippen LogP contribution in [0.15, 0.2) is 24.3 Å². The molecule has 0 atom stereocenters. The Labute approximate surface area is 114 Å². The molecule has 0 saturated heterocycles. The van der Waals surface area contributed by atoms with E-state index in [9.17, 15) is 4.79 Å². The number of carboxylic acids is 1. The number of carboxylic acid groups (broad SMARTS) is 1. The van der Waals surface area contributed by atoms with E-state index in [0.717, 1.165) is 25.6 Å². The van der Waals surface area contributed by atoms with Crippen LogP contribution in [-0.4, -0.2) is 41.7 Å². The quantitative estimate of drug-likeness (QED) is 0.783. The van der Waals surface area contributed by atoms with Gasteiger partial charge in [-0.05, 0) is 37.9 Å². The second-order valence-corrected chi connectivity index (χ2v) is 4.92. The van der Waals surface area contributed by atoms with E-state index < -0.39 is 5.97 Å². The highest BCUT2D eigenvalue weighted by atomic mass is 16.5. The molecule has 104 valence electrons. The molecule has 0 aliphatic heterocycles. The second-order valence-electron chi connectivity index (χ2n) is 4.92. The Morgan fingerprint density at radius 1 is 1.37 bits per heavy atom. The first kappa shape index (κ1) is 13.9. The third kappa shape index (κ3) is 3.96. The monoisotopic (exact) mass is 263 g/mol. The average molecular weight is 263 g/mol. The Morgan fingerprint density at radius 3 is 2.74 bits per heavy atom. The van der Waals surface area contributed by atoms with Crippen molar-refractivity contribution in [2.24, 2.45) is 0 Å². The summed E-state index contributed by atoms with van der Waals surface area (Å²) < 4.78 is 5.63. The molecular formula is C15H21NO3. The highest BCUT2D eigenvalue weighted by molar-refractivity contribution is 5.90. The van der Waals surface area contributed by atoms with E-state index in [1.54, 1.807) is 24.3 Å². The molecule has 4 heteroatoms. The smallest absolute Gasteiger partial charge is 0.339 e. The Kier molecular flexibility index (Phi) is 4.80. The Morgan fingerprint density at radius 2 is 2.11 bits per heavy atom. The van der Waals surface area contributed by atoms with Gasteiger partial charge in [0, 0.05) is 12.6 Å². The molecular weight excluding hydrogens is 242 g/mol. The first-order chi connectivity index (χ1) is 9.22. The maximum Gasteiger partial charge on any atom is 0.339 e. The summed E-state index contributed by atoms with van der Waals surface area (Å²) in [5.74, 6) is -0.481. The van der Waals surface area contributed by atoms with Crippen molar-refractivity contribution in [2.75, 3.05) is 19.7 Å². The summed E-state index contributed by atoms with van der Waals surface area (Å²) in [5.41, 5.74) is 0.232. The summed E-state index contributed by atoms with van der Waals surface area (Å²) in [5, 5.41) is 9.07. The Bertz CT molecular complexity index is 429. The third-order valence-corrected chi connectivity index (χ3v) is 3.33. The largest absolute Gasteiger partial charge is 0.491 e. The molecule has 1 aliphatic rings. The van der Waals surface area contributed by atoms with E-state index in [0.29, 0.717) is 12.4 Å². The summed E-state index contributed by atoms with van der Waals surface area (Å²) in [6.07, 6.45) is 3.71. The molecule has 0 unspecified atom stereocenters. The van der Waals surface area contributed by atoms with Gasteiger partial charge in [-0.15, -0.1) is 0 Å². The van der Waals surface area contributed by atoms with Crippen LogP contribution < -0.4 is 4.74 Å². The van der Waals surface area contributed by atoms with E-state index in [2.05, 4.69) is 11.8 Å². The molecule has 4 nitrogen and oxygen atoms in total. The lowest BCUT2D eigenvalue weighted by Gasteiger charge is -2.21.